The number of ether oxygens (including phenoxy) is 1. The summed E-state index contributed by atoms with van der Waals surface area (Å²) in [4.78, 5) is 2.34. The quantitative estimate of drug-likeness (QED) is 0.927. The lowest BCUT2D eigenvalue weighted by Gasteiger charge is -2.47. The van der Waals surface area contributed by atoms with Gasteiger partial charge < -0.3 is 15.4 Å². The molecule has 1 unspecified atom stereocenters. The molecule has 0 radical (unpaired) electrons. The SMILES string of the molecule is Cc1ccc(N(C)C2(CN)CC(C)(C)OC2(C)C)c(C)c1. The molecule has 1 aromatic rings. The van der Waals surface area contributed by atoms with Crippen LogP contribution in [-0.4, -0.2) is 30.3 Å². The fourth-order valence-corrected chi connectivity index (χ4v) is 4.13. The minimum Gasteiger partial charge on any atom is -0.367 e. The number of hydrogen-bond acceptors (Lipinski definition) is 3. The molecule has 1 aliphatic rings. The molecule has 1 aliphatic heterocycles. The molecule has 1 atom stereocenters. The second kappa shape index (κ2) is 4.99. The molecule has 21 heavy (non-hydrogen) atoms. The molecular weight excluding hydrogens is 260 g/mol. The summed E-state index contributed by atoms with van der Waals surface area (Å²) in [7, 11) is 2.15. The molecule has 1 heterocycles. The number of aryl methyl sites for hydroxylation is 2. The fourth-order valence-electron chi connectivity index (χ4n) is 4.13. The van der Waals surface area contributed by atoms with E-state index in [0.29, 0.717) is 6.54 Å². The van der Waals surface area contributed by atoms with Crippen molar-refractivity contribution in [3.05, 3.63) is 29.3 Å². The second-order valence-electron chi connectivity index (χ2n) is 7.63. The molecule has 118 valence electrons. The predicted octanol–water partition coefficient (Wildman–Crippen LogP) is 3.41. The number of hydrogen-bond donors (Lipinski definition) is 1. The number of anilines is 1. The third-order valence-electron chi connectivity index (χ3n) is 5.06. The molecule has 0 amide bonds. The zero-order valence-electron chi connectivity index (χ0n) is 14.6. The number of rotatable bonds is 3. The average molecular weight is 290 g/mol. The largest absolute Gasteiger partial charge is 0.367 e. The van der Waals surface area contributed by atoms with Crippen LogP contribution in [0.2, 0.25) is 0 Å². The molecule has 3 nitrogen and oxygen atoms in total. The summed E-state index contributed by atoms with van der Waals surface area (Å²) in [6, 6.07) is 6.59. The molecule has 1 aromatic carbocycles. The molecule has 1 saturated heterocycles. The Labute approximate surface area is 129 Å². The number of nitrogens with zero attached hydrogens (tertiary/aromatic N) is 1. The molecule has 0 spiro atoms. The Morgan fingerprint density at radius 2 is 1.81 bits per heavy atom. The highest BCUT2D eigenvalue weighted by Crippen LogP contribution is 2.49. The molecule has 0 bridgehead atoms. The van der Waals surface area contributed by atoms with Crippen LogP contribution in [0.5, 0.6) is 0 Å². The summed E-state index contributed by atoms with van der Waals surface area (Å²) < 4.78 is 6.33. The zero-order valence-corrected chi connectivity index (χ0v) is 14.6. The van der Waals surface area contributed by atoms with Crippen LogP contribution in [-0.2, 0) is 4.74 Å². The van der Waals surface area contributed by atoms with E-state index < -0.39 is 0 Å². The Hall–Kier alpha value is -1.06. The van der Waals surface area contributed by atoms with Crippen molar-refractivity contribution in [2.45, 2.75) is 64.7 Å². The lowest BCUT2D eigenvalue weighted by Crippen LogP contribution is -2.62. The Bertz CT molecular complexity index is 536. The van der Waals surface area contributed by atoms with Gasteiger partial charge in [0, 0.05) is 25.7 Å². The van der Waals surface area contributed by atoms with Crippen LogP contribution in [0, 0.1) is 13.8 Å². The Kier molecular flexibility index (Phi) is 3.88. The van der Waals surface area contributed by atoms with E-state index in [-0.39, 0.29) is 16.7 Å². The third kappa shape index (κ3) is 2.58. The van der Waals surface area contributed by atoms with Crippen LogP contribution >= 0.6 is 0 Å². The summed E-state index contributed by atoms with van der Waals surface area (Å²) >= 11 is 0. The van der Waals surface area contributed by atoms with Crippen molar-refractivity contribution in [1.29, 1.82) is 0 Å². The van der Waals surface area contributed by atoms with Gasteiger partial charge in [-0.3, -0.25) is 0 Å². The van der Waals surface area contributed by atoms with E-state index >= 15 is 0 Å². The maximum Gasteiger partial charge on any atom is 0.0877 e. The standard InChI is InChI=1S/C18H30N2O/c1-13-8-9-15(14(2)10-13)20(7)18(12-19)11-16(3,4)21-17(18,5)6/h8-10H,11-12,19H2,1-7H3. The van der Waals surface area contributed by atoms with Crippen molar-refractivity contribution in [2.24, 2.45) is 5.73 Å². The summed E-state index contributed by atoms with van der Waals surface area (Å²) in [5.41, 5.74) is 9.42. The van der Waals surface area contributed by atoms with Gasteiger partial charge >= 0.3 is 0 Å². The van der Waals surface area contributed by atoms with Gasteiger partial charge in [-0.15, -0.1) is 0 Å². The highest BCUT2D eigenvalue weighted by atomic mass is 16.5. The van der Waals surface area contributed by atoms with Crippen LogP contribution < -0.4 is 10.6 Å². The molecule has 0 aromatic heterocycles. The summed E-state index contributed by atoms with van der Waals surface area (Å²) in [6.45, 7) is 13.5. The molecular formula is C18H30N2O. The fraction of sp³-hybridized carbons (Fsp3) is 0.667. The van der Waals surface area contributed by atoms with Crippen molar-refractivity contribution in [2.75, 3.05) is 18.5 Å². The minimum absolute atomic E-state index is 0.157. The summed E-state index contributed by atoms with van der Waals surface area (Å²) in [6.07, 6.45) is 0.924. The van der Waals surface area contributed by atoms with Crippen LogP contribution in [0.25, 0.3) is 0 Å². The smallest absolute Gasteiger partial charge is 0.0877 e. The van der Waals surface area contributed by atoms with Gasteiger partial charge in [-0.05, 0) is 53.2 Å². The molecule has 0 aliphatic carbocycles. The van der Waals surface area contributed by atoms with Gasteiger partial charge in [0.25, 0.3) is 0 Å². The molecule has 3 heteroatoms. The van der Waals surface area contributed by atoms with Gasteiger partial charge in [0.2, 0.25) is 0 Å². The highest BCUT2D eigenvalue weighted by Gasteiger charge is 2.58. The van der Waals surface area contributed by atoms with Crippen molar-refractivity contribution >= 4 is 5.69 Å². The normalized spacial score (nSPS) is 26.9. The van der Waals surface area contributed by atoms with E-state index in [1.165, 1.54) is 16.8 Å². The number of likely N-dealkylation sites (N-methyl/N-ethyl adjacent to an activating group) is 1. The maximum atomic E-state index is 6.33. The van der Waals surface area contributed by atoms with E-state index in [2.05, 4.69) is 71.7 Å². The van der Waals surface area contributed by atoms with Gasteiger partial charge in [-0.1, -0.05) is 17.7 Å². The first-order valence-corrected chi connectivity index (χ1v) is 7.76. The van der Waals surface area contributed by atoms with Crippen LogP contribution in [0.1, 0.15) is 45.2 Å². The highest BCUT2D eigenvalue weighted by molar-refractivity contribution is 5.57. The van der Waals surface area contributed by atoms with Crippen LogP contribution in [0.15, 0.2) is 18.2 Å². The first-order valence-electron chi connectivity index (χ1n) is 7.76. The predicted molar refractivity (Wildman–Crippen MR) is 90.0 cm³/mol. The minimum atomic E-state index is -0.294. The Morgan fingerprint density at radius 1 is 1.19 bits per heavy atom. The van der Waals surface area contributed by atoms with E-state index in [1.54, 1.807) is 0 Å². The van der Waals surface area contributed by atoms with Gasteiger partial charge in [0.15, 0.2) is 0 Å². The van der Waals surface area contributed by atoms with Crippen LogP contribution in [0.4, 0.5) is 5.69 Å². The Morgan fingerprint density at radius 3 is 2.24 bits per heavy atom. The number of nitrogens with two attached hydrogens (primary N) is 1. The summed E-state index contributed by atoms with van der Waals surface area (Å²) in [5.74, 6) is 0. The van der Waals surface area contributed by atoms with E-state index in [4.69, 9.17) is 10.5 Å². The lowest BCUT2D eigenvalue weighted by atomic mass is 9.77. The third-order valence-corrected chi connectivity index (χ3v) is 5.06. The van der Waals surface area contributed by atoms with Crippen LogP contribution in [0.3, 0.4) is 0 Å². The van der Waals surface area contributed by atoms with Gasteiger partial charge in [-0.2, -0.15) is 0 Å². The first kappa shape index (κ1) is 16.3. The topological polar surface area (TPSA) is 38.5 Å². The monoisotopic (exact) mass is 290 g/mol. The maximum absolute atomic E-state index is 6.33. The first-order chi connectivity index (χ1) is 9.55. The molecule has 0 saturated carbocycles. The van der Waals surface area contributed by atoms with Gasteiger partial charge in [0.05, 0.1) is 16.7 Å². The van der Waals surface area contributed by atoms with Gasteiger partial charge in [0.1, 0.15) is 0 Å². The van der Waals surface area contributed by atoms with Crippen molar-refractivity contribution in [1.82, 2.24) is 0 Å². The molecule has 2 rings (SSSR count). The zero-order chi connectivity index (χ0) is 16.1. The van der Waals surface area contributed by atoms with E-state index in [0.717, 1.165) is 6.42 Å². The van der Waals surface area contributed by atoms with Gasteiger partial charge in [-0.25, -0.2) is 0 Å². The molecule has 2 N–H and O–H groups in total. The van der Waals surface area contributed by atoms with Crippen molar-refractivity contribution in [3.63, 3.8) is 0 Å². The number of benzene rings is 1. The average Bonchev–Trinajstić information content (AvgIpc) is 2.53. The summed E-state index contributed by atoms with van der Waals surface area (Å²) in [5, 5.41) is 0. The molecule has 1 fully saturated rings. The van der Waals surface area contributed by atoms with Crippen molar-refractivity contribution in [3.8, 4) is 0 Å². The lowest BCUT2D eigenvalue weighted by molar-refractivity contribution is -0.0779. The second-order valence-corrected chi connectivity index (χ2v) is 7.63. The van der Waals surface area contributed by atoms with E-state index in [9.17, 15) is 0 Å². The van der Waals surface area contributed by atoms with Crippen molar-refractivity contribution < 1.29 is 4.74 Å². The Balaban J connectivity index is 2.50. The van der Waals surface area contributed by atoms with E-state index in [1.807, 2.05) is 0 Å².